The summed E-state index contributed by atoms with van der Waals surface area (Å²) in [5.74, 6) is -0.0354. The van der Waals surface area contributed by atoms with Gasteiger partial charge in [-0.25, -0.2) is 12.7 Å². The molecule has 0 radical (unpaired) electrons. The molecule has 1 saturated heterocycles. The van der Waals surface area contributed by atoms with E-state index in [9.17, 15) is 13.2 Å². The number of rotatable bonds is 5. The fourth-order valence-electron chi connectivity index (χ4n) is 4.65. The molecule has 1 aliphatic heterocycles. The van der Waals surface area contributed by atoms with Crippen LogP contribution in [0.1, 0.15) is 54.0 Å². The van der Waals surface area contributed by atoms with Gasteiger partial charge in [-0.2, -0.15) is 0 Å². The first-order chi connectivity index (χ1) is 14.4. The van der Waals surface area contributed by atoms with Gasteiger partial charge in [0.05, 0.1) is 11.8 Å². The fraction of sp³-hybridized carbons (Fsp3) is 0.458. The highest BCUT2D eigenvalue weighted by atomic mass is 32.2. The number of hydrogen-bond acceptors (Lipinski definition) is 3. The maximum atomic E-state index is 12.9. The molecule has 1 atom stereocenters. The normalized spacial score (nSPS) is 20.5. The number of aryl methyl sites for hydroxylation is 2. The van der Waals surface area contributed by atoms with Crippen LogP contribution in [0.3, 0.4) is 0 Å². The first kappa shape index (κ1) is 21.1. The van der Waals surface area contributed by atoms with Gasteiger partial charge in [0.1, 0.15) is 0 Å². The van der Waals surface area contributed by atoms with E-state index in [2.05, 4.69) is 23.5 Å². The van der Waals surface area contributed by atoms with Gasteiger partial charge in [-0.3, -0.25) is 4.79 Å². The van der Waals surface area contributed by atoms with E-state index >= 15 is 0 Å². The fourth-order valence-corrected chi connectivity index (χ4v) is 6.32. The molecule has 5 nitrogen and oxygen atoms in total. The summed E-state index contributed by atoms with van der Waals surface area (Å²) in [5, 5.41) is 3.24. The van der Waals surface area contributed by atoms with Crippen LogP contribution < -0.4 is 5.32 Å². The highest BCUT2D eigenvalue weighted by Gasteiger charge is 2.32. The Labute approximate surface area is 179 Å². The van der Waals surface area contributed by atoms with E-state index in [1.807, 2.05) is 37.3 Å². The van der Waals surface area contributed by atoms with Gasteiger partial charge in [0, 0.05) is 19.0 Å². The molecule has 1 fully saturated rings. The standard InChI is InChI=1S/C24H30N2O3S/c1-18-7-2-3-9-21(18)17-30(28,29)26-15-13-20(14-16-26)24(27)25-23-12-6-10-19-8-4-5-11-22(19)23/h2-5,7-9,11,20,23H,6,10,12-17H2,1H3,(H,25,27)/t23-/m0/s1. The summed E-state index contributed by atoms with van der Waals surface area (Å²) < 4.78 is 27.3. The molecule has 2 aromatic rings. The van der Waals surface area contributed by atoms with Crippen molar-refractivity contribution in [2.24, 2.45) is 5.92 Å². The van der Waals surface area contributed by atoms with Crippen molar-refractivity contribution in [3.8, 4) is 0 Å². The zero-order chi connectivity index (χ0) is 21.1. The molecule has 6 heteroatoms. The Morgan fingerprint density at radius 2 is 1.73 bits per heavy atom. The topological polar surface area (TPSA) is 66.5 Å². The molecule has 0 saturated carbocycles. The van der Waals surface area contributed by atoms with Gasteiger partial charge in [-0.1, -0.05) is 48.5 Å². The third kappa shape index (κ3) is 4.60. The zero-order valence-corrected chi connectivity index (χ0v) is 18.3. The molecule has 0 unspecified atom stereocenters. The second-order valence-corrected chi connectivity index (χ2v) is 10.5. The number of hydrogen-bond donors (Lipinski definition) is 1. The number of sulfonamides is 1. The van der Waals surface area contributed by atoms with Crippen molar-refractivity contribution in [3.05, 3.63) is 70.8 Å². The predicted molar refractivity (Wildman–Crippen MR) is 118 cm³/mol. The molecule has 0 spiro atoms. The van der Waals surface area contributed by atoms with E-state index in [0.29, 0.717) is 25.9 Å². The van der Waals surface area contributed by atoms with E-state index in [1.54, 1.807) is 4.31 Å². The number of carbonyl (C=O) groups excluding carboxylic acids is 1. The second-order valence-electron chi connectivity index (χ2n) is 8.51. The number of benzene rings is 2. The average Bonchev–Trinajstić information content (AvgIpc) is 2.75. The molecular weight excluding hydrogens is 396 g/mol. The number of nitrogens with zero attached hydrogens (tertiary/aromatic N) is 1. The van der Waals surface area contributed by atoms with Crippen LogP contribution in [0.2, 0.25) is 0 Å². The maximum absolute atomic E-state index is 12.9. The highest BCUT2D eigenvalue weighted by Crippen LogP contribution is 2.30. The van der Waals surface area contributed by atoms with Crippen molar-refractivity contribution in [2.45, 2.75) is 50.8 Å². The predicted octanol–water partition coefficient (Wildman–Crippen LogP) is 3.73. The highest BCUT2D eigenvalue weighted by molar-refractivity contribution is 7.88. The molecule has 1 amide bonds. The van der Waals surface area contributed by atoms with Crippen molar-refractivity contribution < 1.29 is 13.2 Å². The summed E-state index contributed by atoms with van der Waals surface area (Å²) >= 11 is 0. The van der Waals surface area contributed by atoms with E-state index in [0.717, 1.165) is 30.4 Å². The van der Waals surface area contributed by atoms with Crippen LogP contribution in [0.5, 0.6) is 0 Å². The zero-order valence-electron chi connectivity index (χ0n) is 17.5. The van der Waals surface area contributed by atoms with Crippen LogP contribution in [-0.2, 0) is 27.0 Å². The Bertz CT molecular complexity index is 1010. The quantitative estimate of drug-likeness (QED) is 0.792. The van der Waals surface area contributed by atoms with Crippen molar-refractivity contribution >= 4 is 15.9 Å². The molecular formula is C24H30N2O3S. The molecule has 1 N–H and O–H groups in total. The Balaban J connectivity index is 1.34. The Hall–Kier alpha value is -2.18. The third-order valence-corrected chi connectivity index (χ3v) is 8.33. The summed E-state index contributed by atoms with van der Waals surface area (Å²) in [6.45, 7) is 2.76. The van der Waals surface area contributed by atoms with Gasteiger partial charge >= 0.3 is 0 Å². The first-order valence-electron chi connectivity index (χ1n) is 10.8. The van der Waals surface area contributed by atoms with Crippen LogP contribution in [0.4, 0.5) is 0 Å². The lowest BCUT2D eigenvalue weighted by molar-refractivity contribution is -0.127. The minimum absolute atomic E-state index is 0.0232. The van der Waals surface area contributed by atoms with Crippen molar-refractivity contribution in [3.63, 3.8) is 0 Å². The summed E-state index contributed by atoms with van der Waals surface area (Å²) in [5.41, 5.74) is 4.39. The largest absolute Gasteiger partial charge is 0.349 e. The lowest BCUT2D eigenvalue weighted by Crippen LogP contribution is -2.44. The van der Waals surface area contributed by atoms with E-state index in [1.165, 1.54) is 11.1 Å². The molecule has 1 aliphatic carbocycles. The average molecular weight is 427 g/mol. The molecule has 1 heterocycles. The molecule has 4 rings (SSSR count). The molecule has 2 aromatic carbocycles. The van der Waals surface area contributed by atoms with Crippen molar-refractivity contribution in [1.29, 1.82) is 0 Å². The monoisotopic (exact) mass is 426 g/mol. The van der Waals surface area contributed by atoms with Crippen molar-refractivity contribution in [1.82, 2.24) is 9.62 Å². The second kappa shape index (κ2) is 8.90. The maximum Gasteiger partial charge on any atom is 0.223 e. The van der Waals surface area contributed by atoms with E-state index < -0.39 is 10.0 Å². The Kier molecular flexibility index (Phi) is 6.25. The molecule has 2 aliphatic rings. The molecule has 0 aromatic heterocycles. The van der Waals surface area contributed by atoms with E-state index in [-0.39, 0.29) is 23.6 Å². The molecule has 160 valence electrons. The van der Waals surface area contributed by atoms with Crippen LogP contribution >= 0.6 is 0 Å². The smallest absolute Gasteiger partial charge is 0.223 e. The summed E-state index contributed by atoms with van der Waals surface area (Å²) in [6, 6.07) is 16.0. The van der Waals surface area contributed by atoms with Crippen LogP contribution in [0.15, 0.2) is 48.5 Å². The number of carbonyl (C=O) groups is 1. The van der Waals surface area contributed by atoms with Gasteiger partial charge in [-0.05, 0) is 61.3 Å². The van der Waals surface area contributed by atoms with Crippen LogP contribution in [0.25, 0.3) is 0 Å². The lowest BCUT2D eigenvalue weighted by Gasteiger charge is -2.33. The van der Waals surface area contributed by atoms with Crippen molar-refractivity contribution in [2.75, 3.05) is 13.1 Å². The van der Waals surface area contributed by atoms with Gasteiger partial charge in [-0.15, -0.1) is 0 Å². The Morgan fingerprint density at radius 1 is 1.03 bits per heavy atom. The molecule has 30 heavy (non-hydrogen) atoms. The van der Waals surface area contributed by atoms with Gasteiger partial charge in [0.25, 0.3) is 0 Å². The SMILES string of the molecule is Cc1ccccc1CS(=O)(=O)N1CCC(C(=O)N[C@H]2CCCc3ccccc32)CC1. The number of amides is 1. The third-order valence-electron chi connectivity index (χ3n) is 6.50. The van der Waals surface area contributed by atoms with Gasteiger partial charge in [0.15, 0.2) is 0 Å². The lowest BCUT2D eigenvalue weighted by atomic mass is 9.87. The first-order valence-corrected chi connectivity index (χ1v) is 12.5. The summed E-state index contributed by atoms with van der Waals surface area (Å²) in [4.78, 5) is 12.9. The summed E-state index contributed by atoms with van der Waals surface area (Å²) in [7, 11) is -3.37. The van der Waals surface area contributed by atoms with Crippen LogP contribution in [-0.4, -0.2) is 31.7 Å². The number of fused-ring (bicyclic) bond motifs is 1. The minimum atomic E-state index is -3.37. The van der Waals surface area contributed by atoms with Gasteiger partial charge < -0.3 is 5.32 Å². The summed E-state index contributed by atoms with van der Waals surface area (Å²) in [6.07, 6.45) is 4.27. The van der Waals surface area contributed by atoms with Gasteiger partial charge in [0.2, 0.25) is 15.9 Å². The Morgan fingerprint density at radius 3 is 2.50 bits per heavy atom. The number of piperidine rings is 1. The van der Waals surface area contributed by atoms with Crippen LogP contribution in [0, 0.1) is 12.8 Å². The number of nitrogens with one attached hydrogen (secondary N) is 1. The van der Waals surface area contributed by atoms with E-state index in [4.69, 9.17) is 0 Å². The molecule has 0 bridgehead atoms. The minimum Gasteiger partial charge on any atom is -0.349 e.